The maximum absolute atomic E-state index is 4.64. The quantitative estimate of drug-likeness (QED) is 0.710. The molecule has 6 heteroatoms. The molecule has 0 unspecified atom stereocenters. The average Bonchev–Trinajstić information content (AvgIpc) is 2.97. The lowest BCUT2D eigenvalue weighted by Gasteiger charge is -2.20. The van der Waals surface area contributed by atoms with Crippen molar-refractivity contribution in [3.05, 3.63) is 41.9 Å². The van der Waals surface area contributed by atoms with E-state index in [4.69, 9.17) is 0 Å². The van der Waals surface area contributed by atoms with E-state index in [1.54, 1.807) is 6.33 Å². The molecule has 0 aliphatic heterocycles. The standard InChI is InChI=1S/C15H16BN5/c16-10-5-7-11(8-6-10)19-14-12-3-1-2-4-13(12)20-15-17-9-18-21(14)15/h5-9,19H,1-4,16H2. The summed E-state index contributed by atoms with van der Waals surface area (Å²) in [6.45, 7) is 0. The summed E-state index contributed by atoms with van der Waals surface area (Å²) in [5.74, 6) is 1.68. The minimum absolute atomic E-state index is 0.672. The Labute approximate surface area is 123 Å². The molecule has 0 bridgehead atoms. The summed E-state index contributed by atoms with van der Waals surface area (Å²) in [5.41, 5.74) is 4.76. The molecule has 2 heterocycles. The number of aromatic nitrogens is 4. The van der Waals surface area contributed by atoms with Crippen molar-refractivity contribution in [1.29, 1.82) is 0 Å². The second-order valence-corrected chi connectivity index (χ2v) is 5.56. The van der Waals surface area contributed by atoms with E-state index < -0.39 is 0 Å². The number of rotatable bonds is 2. The van der Waals surface area contributed by atoms with E-state index in [1.165, 1.54) is 23.9 Å². The highest BCUT2D eigenvalue weighted by atomic mass is 15.4. The van der Waals surface area contributed by atoms with Crippen molar-refractivity contribution in [2.75, 3.05) is 5.32 Å². The molecule has 5 nitrogen and oxygen atoms in total. The van der Waals surface area contributed by atoms with Crippen molar-refractivity contribution in [3.8, 4) is 0 Å². The molecule has 2 aromatic heterocycles. The zero-order chi connectivity index (χ0) is 14.2. The molecule has 0 fully saturated rings. The molecule has 0 spiro atoms. The fourth-order valence-corrected chi connectivity index (χ4v) is 2.89. The third kappa shape index (κ3) is 2.16. The first-order chi connectivity index (χ1) is 10.3. The van der Waals surface area contributed by atoms with Crippen LogP contribution in [-0.4, -0.2) is 27.4 Å². The molecular formula is C15H16BN5. The van der Waals surface area contributed by atoms with Crippen LogP contribution >= 0.6 is 0 Å². The topological polar surface area (TPSA) is 55.1 Å². The van der Waals surface area contributed by atoms with E-state index in [0.29, 0.717) is 5.78 Å². The van der Waals surface area contributed by atoms with Gasteiger partial charge < -0.3 is 5.32 Å². The zero-order valence-electron chi connectivity index (χ0n) is 12.0. The van der Waals surface area contributed by atoms with Crippen LogP contribution in [0.3, 0.4) is 0 Å². The van der Waals surface area contributed by atoms with Gasteiger partial charge in [-0.15, -0.1) is 0 Å². The molecule has 21 heavy (non-hydrogen) atoms. The van der Waals surface area contributed by atoms with E-state index in [2.05, 4.69) is 52.5 Å². The zero-order valence-corrected chi connectivity index (χ0v) is 12.0. The van der Waals surface area contributed by atoms with Crippen molar-refractivity contribution >= 4 is 30.6 Å². The largest absolute Gasteiger partial charge is 0.340 e. The minimum Gasteiger partial charge on any atom is -0.340 e. The second kappa shape index (κ2) is 4.88. The number of hydrogen-bond donors (Lipinski definition) is 1. The van der Waals surface area contributed by atoms with Crippen LogP contribution in [0.5, 0.6) is 0 Å². The van der Waals surface area contributed by atoms with Gasteiger partial charge in [-0.1, -0.05) is 17.6 Å². The summed E-state index contributed by atoms with van der Waals surface area (Å²) >= 11 is 0. The second-order valence-electron chi connectivity index (χ2n) is 5.56. The van der Waals surface area contributed by atoms with Gasteiger partial charge in [0.15, 0.2) is 0 Å². The predicted molar refractivity (Wildman–Crippen MR) is 85.3 cm³/mol. The molecule has 1 N–H and O–H groups in total. The van der Waals surface area contributed by atoms with Crippen LogP contribution in [0.4, 0.5) is 11.5 Å². The van der Waals surface area contributed by atoms with Crippen molar-refractivity contribution in [2.45, 2.75) is 25.7 Å². The van der Waals surface area contributed by atoms with Crippen molar-refractivity contribution in [3.63, 3.8) is 0 Å². The molecule has 0 saturated carbocycles. The number of aryl methyl sites for hydroxylation is 1. The van der Waals surface area contributed by atoms with Gasteiger partial charge in [-0.05, 0) is 37.8 Å². The summed E-state index contributed by atoms with van der Waals surface area (Å²) in [5, 5.41) is 7.83. The average molecular weight is 277 g/mol. The summed E-state index contributed by atoms with van der Waals surface area (Å²) in [7, 11) is 2.09. The molecule has 0 amide bonds. The maximum atomic E-state index is 4.64. The molecule has 1 aliphatic rings. The third-order valence-corrected chi connectivity index (χ3v) is 4.02. The molecule has 104 valence electrons. The van der Waals surface area contributed by atoms with E-state index in [0.717, 1.165) is 30.0 Å². The highest BCUT2D eigenvalue weighted by molar-refractivity contribution is 6.32. The molecule has 1 aromatic carbocycles. The fourth-order valence-electron chi connectivity index (χ4n) is 2.89. The van der Waals surface area contributed by atoms with Crippen LogP contribution in [0, 0.1) is 0 Å². The van der Waals surface area contributed by atoms with Crippen LogP contribution in [-0.2, 0) is 12.8 Å². The number of hydrogen-bond acceptors (Lipinski definition) is 4. The Balaban J connectivity index is 1.85. The Kier molecular flexibility index (Phi) is 2.87. The highest BCUT2D eigenvalue weighted by Gasteiger charge is 2.19. The Morgan fingerprint density at radius 3 is 2.76 bits per heavy atom. The number of benzene rings is 1. The molecule has 0 saturated heterocycles. The lowest BCUT2D eigenvalue weighted by atomic mass is 9.95. The third-order valence-electron chi connectivity index (χ3n) is 4.02. The van der Waals surface area contributed by atoms with Crippen LogP contribution < -0.4 is 10.8 Å². The van der Waals surface area contributed by atoms with Crippen molar-refractivity contribution < 1.29 is 0 Å². The van der Waals surface area contributed by atoms with E-state index in [-0.39, 0.29) is 0 Å². The van der Waals surface area contributed by atoms with Crippen molar-refractivity contribution in [1.82, 2.24) is 19.6 Å². The monoisotopic (exact) mass is 277 g/mol. The van der Waals surface area contributed by atoms with E-state index >= 15 is 0 Å². The number of nitrogens with one attached hydrogen (secondary N) is 1. The van der Waals surface area contributed by atoms with Gasteiger partial charge in [0, 0.05) is 11.3 Å². The lowest BCUT2D eigenvalue weighted by molar-refractivity contribution is 0.662. The molecule has 0 radical (unpaired) electrons. The van der Waals surface area contributed by atoms with Gasteiger partial charge in [-0.2, -0.15) is 14.6 Å². The normalized spacial score (nSPS) is 14.1. The first-order valence-corrected chi connectivity index (χ1v) is 7.36. The first-order valence-electron chi connectivity index (χ1n) is 7.36. The maximum Gasteiger partial charge on any atom is 0.254 e. The van der Waals surface area contributed by atoms with Gasteiger partial charge in [0.1, 0.15) is 20.0 Å². The SMILES string of the molecule is Bc1ccc(Nc2c3c(nc4ncnn24)CCCC3)cc1. The Morgan fingerprint density at radius 2 is 1.90 bits per heavy atom. The number of nitrogens with zero attached hydrogens (tertiary/aromatic N) is 4. The smallest absolute Gasteiger partial charge is 0.254 e. The van der Waals surface area contributed by atoms with Gasteiger partial charge in [-0.3, -0.25) is 0 Å². The minimum atomic E-state index is 0.672. The summed E-state index contributed by atoms with van der Waals surface area (Å²) in [4.78, 5) is 8.89. The summed E-state index contributed by atoms with van der Waals surface area (Å²) < 4.78 is 1.81. The Hall–Kier alpha value is -2.37. The van der Waals surface area contributed by atoms with Gasteiger partial charge in [-0.25, -0.2) is 4.98 Å². The summed E-state index contributed by atoms with van der Waals surface area (Å²) in [6.07, 6.45) is 6.05. The first kappa shape index (κ1) is 12.4. The lowest BCUT2D eigenvalue weighted by Crippen LogP contribution is -2.14. The van der Waals surface area contributed by atoms with Crippen LogP contribution in [0.2, 0.25) is 0 Å². The Bertz CT molecular complexity index is 794. The number of anilines is 2. The summed E-state index contributed by atoms with van der Waals surface area (Å²) in [6, 6.07) is 8.39. The fraction of sp³-hybridized carbons (Fsp3) is 0.267. The van der Waals surface area contributed by atoms with Gasteiger partial charge >= 0.3 is 0 Å². The van der Waals surface area contributed by atoms with Gasteiger partial charge in [0.2, 0.25) is 0 Å². The Morgan fingerprint density at radius 1 is 1.10 bits per heavy atom. The predicted octanol–water partition coefficient (Wildman–Crippen LogP) is 1.01. The van der Waals surface area contributed by atoms with Crippen molar-refractivity contribution in [2.24, 2.45) is 0 Å². The van der Waals surface area contributed by atoms with E-state index in [9.17, 15) is 0 Å². The molecule has 4 rings (SSSR count). The number of fused-ring (bicyclic) bond motifs is 2. The van der Waals surface area contributed by atoms with Crippen LogP contribution in [0.15, 0.2) is 30.6 Å². The molecule has 0 atom stereocenters. The molecular weight excluding hydrogens is 261 g/mol. The molecule has 3 aromatic rings. The van der Waals surface area contributed by atoms with Crippen LogP contribution in [0.1, 0.15) is 24.1 Å². The molecule has 1 aliphatic carbocycles. The van der Waals surface area contributed by atoms with E-state index in [1.807, 2.05) is 4.52 Å². The van der Waals surface area contributed by atoms with Gasteiger partial charge in [0.25, 0.3) is 5.78 Å². The highest BCUT2D eigenvalue weighted by Crippen LogP contribution is 2.28. The van der Waals surface area contributed by atoms with Crippen LogP contribution in [0.25, 0.3) is 5.78 Å². The van der Waals surface area contributed by atoms with Gasteiger partial charge in [0.05, 0.1) is 5.69 Å².